The number of nitrogens with zero attached hydrogens (tertiary/aromatic N) is 6. The molecule has 0 aliphatic carbocycles. The number of fused-ring (bicyclic) bond motifs is 1. The average Bonchev–Trinajstić information content (AvgIpc) is 2.83. The van der Waals surface area contributed by atoms with Crippen molar-refractivity contribution in [3.63, 3.8) is 0 Å². The predicted molar refractivity (Wildman–Crippen MR) is 130 cm³/mol. The standard InChI is InChI=1S/C24H28N6O2S/c1-16(29(2)3)17-6-8-30(9-7-17)24-20(15-33(31)32)14-26-22-5-4-18(10-21(22)24)19-12-27-23(11-25)28-13-19/h4-5,10,12-14,16-17,33H,6-9,15H2,1-3H3. The number of pyridine rings is 1. The summed E-state index contributed by atoms with van der Waals surface area (Å²) >= 11 is 0. The predicted octanol–water partition coefficient (Wildman–Crippen LogP) is 2.84. The summed E-state index contributed by atoms with van der Waals surface area (Å²) in [6.45, 7) is 4.01. The van der Waals surface area contributed by atoms with Gasteiger partial charge in [-0.3, -0.25) is 4.98 Å². The van der Waals surface area contributed by atoms with Crippen LogP contribution in [0.15, 0.2) is 36.8 Å². The zero-order valence-electron chi connectivity index (χ0n) is 19.1. The molecule has 1 aliphatic rings. The first-order valence-corrected chi connectivity index (χ1v) is 12.4. The normalized spacial score (nSPS) is 15.8. The van der Waals surface area contributed by atoms with Gasteiger partial charge in [0.15, 0.2) is 0 Å². The van der Waals surface area contributed by atoms with E-state index in [1.165, 1.54) is 0 Å². The lowest BCUT2D eigenvalue weighted by atomic mass is 9.89. The van der Waals surface area contributed by atoms with Crippen LogP contribution in [0, 0.1) is 17.2 Å². The molecule has 3 heterocycles. The van der Waals surface area contributed by atoms with Crippen LogP contribution in [0.4, 0.5) is 5.69 Å². The summed E-state index contributed by atoms with van der Waals surface area (Å²) in [5, 5.41) is 9.89. The maximum absolute atomic E-state index is 11.6. The summed E-state index contributed by atoms with van der Waals surface area (Å²) in [6.07, 6.45) is 7.06. The molecule has 1 unspecified atom stereocenters. The summed E-state index contributed by atoms with van der Waals surface area (Å²) in [5.74, 6) is 0.694. The van der Waals surface area contributed by atoms with E-state index in [0.29, 0.717) is 12.0 Å². The van der Waals surface area contributed by atoms with Crippen LogP contribution in [0.25, 0.3) is 22.0 Å². The number of piperidine rings is 1. The Labute approximate surface area is 195 Å². The maximum atomic E-state index is 11.6. The summed E-state index contributed by atoms with van der Waals surface area (Å²) in [7, 11) is 1.65. The van der Waals surface area contributed by atoms with E-state index in [4.69, 9.17) is 5.26 Å². The van der Waals surface area contributed by atoms with Crippen LogP contribution in [-0.4, -0.2) is 61.5 Å². The molecule has 0 radical (unpaired) electrons. The van der Waals surface area contributed by atoms with Crippen LogP contribution in [0.3, 0.4) is 0 Å². The van der Waals surface area contributed by atoms with E-state index in [2.05, 4.69) is 45.8 Å². The van der Waals surface area contributed by atoms with Gasteiger partial charge in [0.25, 0.3) is 0 Å². The molecule has 3 aromatic rings. The molecule has 1 fully saturated rings. The third kappa shape index (κ3) is 4.97. The fourth-order valence-corrected chi connectivity index (χ4v) is 5.10. The van der Waals surface area contributed by atoms with Crippen LogP contribution in [0.2, 0.25) is 0 Å². The van der Waals surface area contributed by atoms with E-state index in [-0.39, 0.29) is 11.6 Å². The molecule has 9 heteroatoms. The molecule has 0 N–H and O–H groups in total. The first kappa shape index (κ1) is 23.1. The van der Waals surface area contributed by atoms with Gasteiger partial charge in [-0.1, -0.05) is 6.07 Å². The van der Waals surface area contributed by atoms with Crippen LogP contribution in [0.1, 0.15) is 31.2 Å². The molecule has 0 bridgehead atoms. The van der Waals surface area contributed by atoms with E-state index < -0.39 is 10.7 Å². The molecule has 0 amide bonds. The van der Waals surface area contributed by atoms with Gasteiger partial charge >= 0.3 is 0 Å². The number of aromatic nitrogens is 3. The first-order valence-electron chi connectivity index (χ1n) is 11.0. The molecule has 1 saturated heterocycles. The van der Waals surface area contributed by atoms with E-state index in [1.807, 2.05) is 24.3 Å². The highest BCUT2D eigenvalue weighted by molar-refractivity contribution is 7.71. The van der Waals surface area contributed by atoms with Crippen molar-refractivity contribution in [1.29, 1.82) is 5.26 Å². The third-order valence-corrected chi connectivity index (χ3v) is 7.25. The molecule has 33 heavy (non-hydrogen) atoms. The molecule has 4 rings (SSSR count). The number of thiol groups is 1. The first-order chi connectivity index (χ1) is 15.9. The second-order valence-corrected chi connectivity index (χ2v) is 9.77. The van der Waals surface area contributed by atoms with Gasteiger partial charge in [0, 0.05) is 54.2 Å². The van der Waals surface area contributed by atoms with Gasteiger partial charge in [-0.15, -0.1) is 0 Å². The molecule has 1 aromatic carbocycles. The molecule has 172 valence electrons. The molecule has 8 nitrogen and oxygen atoms in total. The van der Waals surface area contributed by atoms with E-state index in [1.54, 1.807) is 18.6 Å². The summed E-state index contributed by atoms with van der Waals surface area (Å²) in [6, 6.07) is 8.34. The fraction of sp³-hybridized carbons (Fsp3) is 0.417. The highest BCUT2D eigenvalue weighted by atomic mass is 32.2. The Morgan fingerprint density at radius 2 is 1.82 bits per heavy atom. The quantitative estimate of drug-likeness (QED) is 0.556. The molecule has 1 aliphatic heterocycles. The molecule has 2 aromatic heterocycles. The van der Waals surface area contributed by atoms with E-state index in [9.17, 15) is 8.42 Å². The Kier molecular flexibility index (Phi) is 6.86. The van der Waals surface area contributed by atoms with Gasteiger partial charge in [0.1, 0.15) is 16.8 Å². The second-order valence-electron chi connectivity index (χ2n) is 8.79. The number of hydrogen-bond donors (Lipinski definition) is 1. The minimum absolute atomic E-state index is 0.0359. The smallest absolute Gasteiger partial charge is 0.232 e. The second kappa shape index (κ2) is 9.81. The van der Waals surface area contributed by atoms with Crippen LogP contribution in [0.5, 0.6) is 0 Å². The highest BCUT2D eigenvalue weighted by Crippen LogP contribution is 2.36. The Bertz CT molecular complexity index is 1250. The molecular formula is C24H28N6O2S. The zero-order valence-corrected chi connectivity index (χ0v) is 20.0. The minimum Gasteiger partial charge on any atom is -0.371 e. The van der Waals surface area contributed by atoms with Crippen molar-refractivity contribution in [2.45, 2.75) is 31.6 Å². The summed E-state index contributed by atoms with van der Waals surface area (Å²) < 4.78 is 23.3. The molecular weight excluding hydrogens is 436 g/mol. The van der Waals surface area contributed by atoms with Crippen molar-refractivity contribution < 1.29 is 8.42 Å². The summed E-state index contributed by atoms with van der Waals surface area (Å²) in [4.78, 5) is 17.3. The van der Waals surface area contributed by atoms with Crippen LogP contribution < -0.4 is 4.90 Å². The van der Waals surface area contributed by atoms with Crippen LogP contribution >= 0.6 is 0 Å². The topological polar surface area (TPSA) is 103 Å². The van der Waals surface area contributed by atoms with Gasteiger partial charge in [0.2, 0.25) is 5.82 Å². The Morgan fingerprint density at radius 3 is 2.42 bits per heavy atom. The summed E-state index contributed by atoms with van der Waals surface area (Å²) in [5.41, 5.74) is 4.19. The number of rotatable bonds is 6. The van der Waals surface area contributed by atoms with Crippen molar-refractivity contribution in [3.8, 4) is 17.2 Å². The van der Waals surface area contributed by atoms with Crippen molar-refractivity contribution in [2.24, 2.45) is 5.92 Å². The van der Waals surface area contributed by atoms with Crippen molar-refractivity contribution in [2.75, 3.05) is 32.1 Å². The number of hydrogen-bond acceptors (Lipinski definition) is 8. The zero-order chi connectivity index (χ0) is 23.5. The minimum atomic E-state index is -2.58. The van der Waals surface area contributed by atoms with Gasteiger partial charge in [0.05, 0.1) is 17.0 Å². The number of anilines is 1. The number of nitriles is 1. The largest absolute Gasteiger partial charge is 0.371 e. The van der Waals surface area contributed by atoms with Gasteiger partial charge in [-0.2, -0.15) is 5.26 Å². The van der Waals surface area contributed by atoms with Crippen molar-refractivity contribution in [3.05, 3.63) is 48.2 Å². The van der Waals surface area contributed by atoms with Gasteiger partial charge in [-0.05, 0) is 57.5 Å². The van der Waals surface area contributed by atoms with E-state index in [0.717, 1.165) is 59.2 Å². The SMILES string of the molecule is CC(C1CCN(c2c(C[SH](=O)=O)cnc3ccc(-c4cnc(C#N)nc4)cc23)CC1)N(C)C. The van der Waals surface area contributed by atoms with Gasteiger partial charge in [-0.25, -0.2) is 18.4 Å². The van der Waals surface area contributed by atoms with E-state index >= 15 is 0 Å². The monoisotopic (exact) mass is 464 g/mol. The Morgan fingerprint density at radius 1 is 1.12 bits per heavy atom. The van der Waals surface area contributed by atoms with Gasteiger partial charge < -0.3 is 9.80 Å². The lowest BCUT2D eigenvalue weighted by molar-refractivity contribution is 0.199. The third-order valence-electron chi connectivity index (χ3n) is 6.65. The highest BCUT2D eigenvalue weighted by Gasteiger charge is 2.27. The molecule has 0 saturated carbocycles. The Balaban J connectivity index is 1.75. The molecule has 1 atom stereocenters. The number of benzene rings is 1. The fourth-order valence-electron chi connectivity index (χ4n) is 4.59. The lowest BCUT2D eigenvalue weighted by Gasteiger charge is -2.39. The van der Waals surface area contributed by atoms with Crippen LogP contribution in [-0.2, 0) is 16.5 Å². The maximum Gasteiger partial charge on any atom is 0.232 e. The van der Waals surface area contributed by atoms with Crippen molar-refractivity contribution >= 4 is 27.3 Å². The average molecular weight is 465 g/mol. The van der Waals surface area contributed by atoms with Crippen molar-refractivity contribution in [1.82, 2.24) is 19.9 Å². The Hall–Kier alpha value is -3.09. The lowest BCUT2D eigenvalue weighted by Crippen LogP contribution is -2.42. The molecule has 0 spiro atoms.